The third-order valence-electron chi connectivity index (χ3n) is 26.9. The standard InChI is InChI=1S/C124H75N11S/c1-5-29-77(30-6-1)107-75-108(88-41-26-37-82(68-88)76-57-59-81(60-58-76)121-130-120(80-35-11-4-12-36-80)131-124(132-121)135-111-53-22-17-47-100(111)102-65-66-103-101-48-19-24-56-114(101)136-117(103)116(102)135)126-123(125-107)90-70-91(133-109-51-20-15-45-98(109)99-46-16-21-52-110(99)133)74-92(71-90)134-112-54-23-18-49-104(112)115-93(50-28-55-113(115)134)87-62-64-97-105-72-86(61-63-96(105)94-43-13-14-44-95(94)106(97)73-87)84-39-25-38-83(67-84)85-40-27-42-89(69-85)122-128-118(78-31-7-2-8-32-78)127-119(129-122)79-33-9-3-10-34-79/h1-75H. The second-order valence-electron chi connectivity index (χ2n) is 34.9. The zero-order valence-electron chi connectivity index (χ0n) is 73.1. The monoisotopic (exact) mass is 1750 g/mol. The number of fused-ring (bicyclic) bond motifs is 19. The van der Waals surface area contributed by atoms with Gasteiger partial charge in [0.1, 0.15) is 0 Å². The Morgan fingerprint density at radius 2 is 0.515 bits per heavy atom. The van der Waals surface area contributed by atoms with Crippen LogP contribution in [0.15, 0.2) is 455 Å². The fraction of sp³-hybridized carbons (Fsp3) is 0. The van der Waals surface area contributed by atoms with Gasteiger partial charge in [-0.15, -0.1) is 11.3 Å². The highest BCUT2D eigenvalue weighted by atomic mass is 32.1. The Balaban J connectivity index is 0.569. The third-order valence-corrected chi connectivity index (χ3v) is 28.1. The molecule has 12 heteroatoms. The molecule has 7 heterocycles. The predicted octanol–water partition coefficient (Wildman–Crippen LogP) is 32.0. The molecular weight excluding hydrogens is 1680 g/mol. The molecule has 7 aromatic heterocycles. The molecule has 0 N–H and O–H groups in total. The lowest BCUT2D eigenvalue weighted by Gasteiger charge is -2.16. The Bertz CT molecular complexity index is 9450. The van der Waals surface area contributed by atoms with E-state index in [2.05, 4.69) is 390 Å². The minimum absolute atomic E-state index is 0.554. The van der Waals surface area contributed by atoms with Crippen molar-refractivity contribution in [3.05, 3.63) is 455 Å². The Kier molecular flexibility index (Phi) is 18.2. The van der Waals surface area contributed by atoms with Crippen LogP contribution < -0.4 is 0 Å². The third kappa shape index (κ3) is 13.2. The van der Waals surface area contributed by atoms with Crippen molar-refractivity contribution in [2.24, 2.45) is 0 Å². The average Bonchev–Trinajstić information content (AvgIpc) is 1.59. The smallest absolute Gasteiger partial charge is 0.238 e. The van der Waals surface area contributed by atoms with Crippen molar-refractivity contribution in [1.29, 1.82) is 0 Å². The number of para-hydroxylation sites is 4. The van der Waals surface area contributed by atoms with Crippen LogP contribution in [-0.4, -0.2) is 53.6 Å². The van der Waals surface area contributed by atoms with Crippen molar-refractivity contribution >= 4 is 129 Å². The summed E-state index contributed by atoms with van der Waals surface area (Å²) in [6.07, 6.45) is 0. The van der Waals surface area contributed by atoms with Gasteiger partial charge < -0.3 is 9.13 Å². The fourth-order valence-corrected chi connectivity index (χ4v) is 21.8. The molecule has 0 amide bonds. The number of thiophene rings is 1. The quantitative estimate of drug-likeness (QED) is 0.0932. The first-order valence-corrected chi connectivity index (χ1v) is 46.6. The number of rotatable bonds is 15. The second kappa shape index (κ2) is 31.9. The molecule has 0 fully saturated rings. The summed E-state index contributed by atoms with van der Waals surface area (Å²) < 4.78 is 9.55. The molecule has 0 atom stereocenters. The maximum absolute atomic E-state index is 5.74. The minimum Gasteiger partial charge on any atom is -0.309 e. The number of nitrogens with zero attached hydrogens (tertiary/aromatic N) is 11. The Morgan fingerprint density at radius 3 is 1.11 bits per heavy atom. The van der Waals surface area contributed by atoms with Crippen LogP contribution in [0.3, 0.4) is 0 Å². The number of aromatic nitrogens is 11. The molecule has 0 saturated heterocycles. The molecule has 0 bridgehead atoms. The Hall–Kier alpha value is -18.1. The molecule has 20 aromatic carbocycles. The number of benzene rings is 20. The molecule has 136 heavy (non-hydrogen) atoms. The summed E-state index contributed by atoms with van der Waals surface area (Å²) in [5.74, 6) is 4.18. The predicted molar refractivity (Wildman–Crippen MR) is 562 cm³/mol. The van der Waals surface area contributed by atoms with Crippen LogP contribution in [0.4, 0.5) is 0 Å². The van der Waals surface area contributed by atoms with Crippen molar-refractivity contribution in [2.45, 2.75) is 0 Å². The van der Waals surface area contributed by atoms with Gasteiger partial charge in [-0.3, -0.25) is 4.57 Å². The summed E-state index contributed by atoms with van der Waals surface area (Å²) in [4.78, 5) is 42.6. The van der Waals surface area contributed by atoms with Crippen LogP contribution in [0, 0.1) is 0 Å². The molecular formula is C124H75N11S. The number of hydrogen-bond donors (Lipinski definition) is 0. The van der Waals surface area contributed by atoms with Gasteiger partial charge in [-0.05, 0) is 168 Å². The highest BCUT2D eigenvalue weighted by Crippen LogP contribution is 2.48. The van der Waals surface area contributed by atoms with Gasteiger partial charge in [-0.25, -0.2) is 29.9 Å². The minimum atomic E-state index is 0.554. The van der Waals surface area contributed by atoms with Crippen molar-refractivity contribution in [3.8, 4) is 153 Å². The molecule has 632 valence electrons. The summed E-state index contributed by atoms with van der Waals surface area (Å²) >= 11 is 1.81. The van der Waals surface area contributed by atoms with Gasteiger partial charge in [-0.2, -0.15) is 9.97 Å². The summed E-state index contributed by atoms with van der Waals surface area (Å²) in [6, 6.07) is 163. The Labute approximate surface area is 784 Å². The van der Waals surface area contributed by atoms with Crippen LogP contribution in [0.25, 0.3) is 271 Å². The van der Waals surface area contributed by atoms with Crippen LogP contribution >= 0.6 is 11.3 Å². The van der Waals surface area contributed by atoms with Gasteiger partial charge in [-0.1, -0.05) is 364 Å². The highest BCUT2D eigenvalue weighted by Gasteiger charge is 2.27. The zero-order chi connectivity index (χ0) is 89.4. The lowest BCUT2D eigenvalue weighted by molar-refractivity contribution is 0.955. The average molecular weight is 1750 g/mol. The molecule has 27 rings (SSSR count). The first kappa shape index (κ1) is 77.8. The van der Waals surface area contributed by atoms with Crippen molar-refractivity contribution in [1.82, 2.24) is 53.6 Å². The second-order valence-corrected chi connectivity index (χ2v) is 35.9. The van der Waals surface area contributed by atoms with Gasteiger partial charge in [0.05, 0.1) is 49.2 Å². The molecule has 27 aromatic rings. The maximum Gasteiger partial charge on any atom is 0.238 e. The molecule has 0 unspecified atom stereocenters. The molecule has 0 aliphatic carbocycles. The van der Waals surface area contributed by atoms with Gasteiger partial charge in [0.25, 0.3) is 0 Å². The van der Waals surface area contributed by atoms with Gasteiger partial charge in [0.15, 0.2) is 34.9 Å². The van der Waals surface area contributed by atoms with E-state index in [9.17, 15) is 0 Å². The summed E-state index contributed by atoms with van der Waals surface area (Å²) in [7, 11) is 0. The van der Waals surface area contributed by atoms with E-state index in [1.807, 2.05) is 90.2 Å². The molecule has 0 aliphatic heterocycles. The topological polar surface area (TPSA) is 118 Å². The SMILES string of the molecule is c1ccc(-c2cc(-c3cccc(-c4ccc(-c5nc(-c6ccccc6)nc(-n6c7ccccc7c7ccc8c9ccccc9sc8c76)n5)cc4)c3)nc(-c3cc(-n4c5ccccc5c5ccccc54)cc(-n4c5ccccc5c5c(-c6ccc7c8cc(-c9cccc(-c%10cccc(-c%11nc(-c%12ccccc%12)nc(-c%12ccccc%12)n%11)c%10)c9)ccc8c8ccccc8c7c6)cccc54)c3)n2)cc1. The van der Waals surface area contributed by atoms with Crippen molar-refractivity contribution < 1.29 is 0 Å². The van der Waals surface area contributed by atoms with Gasteiger partial charge >= 0.3 is 0 Å². The van der Waals surface area contributed by atoms with E-state index in [-0.39, 0.29) is 0 Å². The van der Waals surface area contributed by atoms with E-state index in [1.165, 1.54) is 63.3 Å². The highest BCUT2D eigenvalue weighted by molar-refractivity contribution is 7.26. The molecule has 0 spiro atoms. The normalized spacial score (nSPS) is 11.8. The maximum atomic E-state index is 5.74. The van der Waals surface area contributed by atoms with Crippen LogP contribution in [0.1, 0.15) is 0 Å². The zero-order valence-corrected chi connectivity index (χ0v) is 73.9. The van der Waals surface area contributed by atoms with E-state index in [0.717, 1.165) is 166 Å². The van der Waals surface area contributed by atoms with E-state index in [0.29, 0.717) is 40.9 Å². The van der Waals surface area contributed by atoms with E-state index >= 15 is 0 Å². The first-order chi connectivity index (χ1) is 67.4. The molecule has 0 aliphatic rings. The summed E-state index contributed by atoms with van der Waals surface area (Å²) in [6.45, 7) is 0. The molecule has 0 saturated carbocycles. The van der Waals surface area contributed by atoms with Gasteiger partial charge in [0.2, 0.25) is 5.95 Å². The first-order valence-electron chi connectivity index (χ1n) is 45.8. The van der Waals surface area contributed by atoms with E-state index in [1.54, 1.807) is 0 Å². The lowest BCUT2D eigenvalue weighted by atomic mass is 9.89. The van der Waals surface area contributed by atoms with Crippen LogP contribution in [-0.2, 0) is 0 Å². The van der Waals surface area contributed by atoms with Crippen LogP contribution in [0.5, 0.6) is 0 Å². The van der Waals surface area contributed by atoms with Gasteiger partial charge in [0, 0.05) is 104 Å². The summed E-state index contributed by atoms with van der Waals surface area (Å²) in [5.41, 5.74) is 26.0. The van der Waals surface area contributed by atoms with E-state index in [4.69, 9.17) is 39.9 Å². The lowest BCUT2D eigenvalue weighted by Crippen LogP contribution is -2.06. The molecule has 0 radical (unpaired) electrons. The molecule has 11 nitrogen and oxygen atoms in total. The van der Waals surface area contributed by atoms with Crippen LogP contribution in [0.2, 0.25) is 0 Å². The summed E-state index contributed by atoms with van der Waals surface area (Å²) in [5, 5.41) is 16.5. The largest absolute Gasteiger partial charge is 0.309 e. The van der Waals surface area contributed by atoms with E-state index < -0.39 is 0 Å². The Morgan fingerprint density at radius 1 is 0.169 bits per heavy atom. The van der Waals surface area contributed by atoms with Crippen molar-refractivity contribution in [2.75, 3.05) is 0 Å². The van der Waals surface area contributed by atoms with Crippen molar-refractivity contribution in [3.63, 3.8) is 0 Å². The number of hydrogen-bond acceptors (Lipinski definition) is 9. The fourth-order valence-electron chi connectivity index (χ4n) is 20.6.